The summed E-state index contributed by atoms with van der Waals surface area (Å²) >= 11 is 0. The summed E-state index contributed by atoms with van der Waals surface area (Å²) in [5.74, 6) is 0.802. The first-order chi connectivity index (χ1) is 13.0. The van der Waals surface area contributed by atoms with E-state index in [1.54, 1.807) is 0 Å². The van der Waals surface area contributed by atoms with Gasteiger partial charge in [-0.3, -0.25) is 0 Å². The van der Waals surface area contributed by atoms with Gasteiger partial charge < -0.3 is 9.30 Å². The van der Waals surface area contributed by atoms with E-state index in [4.69, 9.17) is 4.74 Å². The molecule has 0 bridgehead atoms. The molecule has 3 heteroatoms. The number of fused-ring (bicyclic) bond motifs is 3. The van der Waals surface area contributed by atoms with Crippen molar-refractivity contribution in [2.24, 2.45) is 4.99 Å². The minimum absolute atomic E-state index is 0.130. The Morgan fingerprint density at radius 2 is 1.39 bits per heavy atom. The molecule has 0 saturated heterocycles. The van der Waals surface area contributed by atoms with Crippen LogP contribution in [0.5, 0.6) is 0 Å². The molecule has 0 amide bonds. The molecule has 4 rings (SSSR count). The molecule has 1 aliphatic heterocycles. The Balaban J connectivity index is 1.96. The third-order valence-corrected chi connectivity index (χ3v) is 5.84. The lowest BCUT2D eigenvalue weighted by atomic mass is 9.85. The summed E-state index contributed by atoms with van der Waals surface area (Å²) in [6, 6.07) is 14.1. The lowest BCUT2D eigenvalue weighted by Crippen LogP contribution is -2.16. The fourth-order valence-corrected chi connectivity index (χ4v) is 4.09. The van der Waals surface area contributed by atoms with E-state index >= 15 is 0 Å². The molecule has 1 aliphatic rings. The van der Waals surface area contributed by atoms with Gasteiger partial charge in [0.1, 0.15) is 12.6 Å². The molecule has 1 atom stereocenters. The summed E-state index contributed by atoms with van der Waals surface area (Å²) in [7, 11) is 0. The second-order valence-corrected chi connectivity index (χ2v) is 10.2. The molecule has 1 unspecified atom stereocenters. The molecule has 148 valence electrons. The van der Waals surface area contributed by atoms with E-state index < -0.39 is 0 Å². The van der Waals surface area contributed by atoms with E-state index in [9.17, 15) is 0 Å². The second kappa shape index (κ2) is 6.37. The van der Waals surface area contributed by atoms with Crippen LogP contribution in [0.4, 0.5) is 0 Å². The number of benzene rings is 2. The van der Waals surface area contributed by atoms with Gasteiger partial charge in [-0.15, -0.1) is 0 Å². The van der Waals surface area contributed by atoms with Crippen molar-refractivity contribution in [3.8, 4) is 0 Å². The molecule has 0 spiro atoms. The topological polar surface area (TPSA) is 26.5 Å². The van der Waals surface area contributed by atoms with Gasteiger partial charge in [-0.05, 0) is 46.2 Å². The summed E-state index contributed by atoms with van der Waals surface area (Å²) < 4.78 is 8.03. The lowest BCUT2D eigenvalue weighted by Gasteiger charge is -2.19. The maximum Gasteiger partial charge on any atom is 0.180 e. The first-order valence-electron chi connectivity index (χ1n) is 10.3. The van der Waals surface area contributed by atoms with E-state index in [1.807, 2.05) is 6.92 Å². The average Bonchev–Trinajstić information content (AvgIpc) is 3.15. The van der Waals surface area contributed by atoms with Crippen LogP contribution < -0.4 is 0 Å². The highest BCUT2D eigenvalue weighted by molar-refractivity contribution is 6.08. The molecule has 28 heavy (non-hydrogen) atoms. The number of aliphatic imine (C=N–C) groups is 1. The summed E-state index contributed by atoms with van der Waals surface area (Å²) in [5.41, 5.74) is 5.58. The van der Waals surface area contributed by atoms with Gasteiger partial charge in [-0.2, -0.15) is 0 Å². The lowest BCUT2D eigenvalue weighted by molar-refractivity contribution is 0.305. The van der Waals surface area contributed by atoms with Crippen LogP contribution in [0.2, 0.25) is 0 Å². The number of nitrogens with zero attached hydrogens (tertiary/aromatic N) is 2. The van der Waals surface area contributed by atoms with Gasteiger partial charge in [-0.1, -0.05) is 53.7 Å². The van der Waals surface area contributed by atoms with Gasteiger partial charge in [-0.25, -0.2) is 4.99 Å². The number of hydrogen-bond donors (Lipinski definition) is 0. The molecule has 2 aromatic carbocycles. The Kier molecular flexibility index (Phi) is 4.33. The first kappa shape index (κ1) is 19.0. The van der Waals surface area contributed by atoms with E-state index in [1.165, 1.54) is 32.9 Å². The van der Waals surface area contributed by atoms with Crippen LogP contribution in [-0.4, -0.2) is 23.1 Å². The van der Waals surface area contributed by atoms with Crippen LogP contribution in [0.15, 0.2) is 41.4 Å². The zero-order valence-electron chi connectivity index (χ0n) is 18.3. The van der Waals surface area contributed by atoms with Crippen LogP contribution >= 0.6 is 0 Å². The normalized spacial score (nSPS) is 18.0. The van der Waals surface area contributed by atoms with Gasteiger partial charge >= 0.3 is 0 Å². The Morgan fingerprint density at radius 3 is 1.79 bits per heavy atom. The Labute approximate surface area is 168 Å². The number of aromatic nitrogens is 1. The Hall–Kier alpha value is -2.29. The number of ether oxygens (including phenoxy) is 1. The van der Waals surface area contributed by atoms with Crippen molar-refractivity contribution < 1.29 is 4.74 Å². The average molecular weight is 377 g/mol. The SMILES string of the molecule is CC1=NC(Cn2c3ccc(C(C)(C)C)cc3c3cc(C(C)(C)C)ccc32)CO1. The largest absolute Gasteiger partial charge is 0.479 e. The van der Waals surface area contributed by atoms with Crippen LogP contribution in [0.3, 0.4) is 0 Å². The summed E-state index contributed by atoms with van der Waals surface area (Å²) in [6.07, 6.45) is 0. The zero-order valence-corrected chi connectivity index (χ0v) is 18.3. The minimum Gasteiger partial charge on any atom is -0.479 e. The first-order valence-corrected chi connectivity index (χ1v) is 10.3. The molecule has 3 nitrogen and oxygen atoms in total. The number of hydrogen-bond acceptors (Lipinski definition) is 2. The third kappa shape index (κ3) is 3.32. The highest BCUT2D eigenvalue weighted by atomic mass is 16.5. The van der Waals surface area contributed by atoms with Gasteiger partial charge in [0.2, 0.25) is 0 Å². The summed E-state index contributed by atoms with van der Waals surface area (Å²) in [5, 5.41) is 2.68. The van der Waals surface area contributed by atoms with Crippen molar-refractivity contribution in [1.82, 2.24) is 4.57 Å². The second-order valence-electron chi connectivity index (χ2n) is 10.2. The monoisotopic (exact) mass is 376 g/mol. The fraction of sp³-hybridized carbons (Fsp3) is 0.480. The highest BCUT2D eigenvalue weighted by Crippen LogP contribution is 2.36. The van der Waals surface area contributed by atoms with Gasteiger partial charge in [0.25, 0.3) is 0 Å². The number of rotatable bonds is 2. The molecule has 0 fully saturated rings. The molecule has 0 N–H and O–H groups in total. The van der Waals surface area contributed by atoms with Crippen LogP contribution in [0, 0.1) is 0 Å². The van der Waals surface area contributed by atoms with Gasteiger partial charge in [0, 0.05) is 35.3 Å². The standard InChI is InChI=1S/C25H32N2O/c1-16-26-19(15-28-16)14-27-22-10-8-17(24(2,3)4)12-20(22)21-13-18(25(5,6)7)9-11-23(21)27/h8-13,19H,14-15H2,1-7H3. The van der Waals surface area contributed by atoms with E-state index in [0.717, 1.165) is 12.4 Å². The van der Waals surface area contributed by atoms with Crippen molar-refractivity contribution in [3.63, 3.8) is 0 Å². The zero-order chi connectivity index (χ0) is 20.3. The van der Waals surface area contributed by atoms with Crippen molar-refractivity contribution in [1.29, 1.82) is 0 Å². The molecule has 0 radical (unpaired) electrons. The van der Waals surface area contributed by atoms with Crippen molar-refractivity contribution in [2.45, 2.75) is 71.9 Å². The van der Waals surface area contributed by atoms with E-state index in [-0.39, 0.29) is 16.9 Å². The summed E-state index contributed by atoms with van der Waals surface area (Å²) in [4.78, 5) is 4.66. The fourth-order valence-electron chi connectivity index (χ4n) is 4.09. The van der Waals surface area contributed by atoms with Crippen LogP contribution in [0.25, 0.3) is 21.8 Å². The Bertz CT molecular complexity index is 1000. The van der Waals surface area contributed by atoms with Crippen LogP contribution in [-0.2, 0) is 22.1 Å². The van der Waals surface area contributed by atoms with Crippen LogP contribution in [0.1, 0.15) is 59.6 Å². The van der Waals surface area contributed by atoms with Crippen molar-refractivity contribution >= 4 is 27.7 Å². The predicted molar refractivity (Wildman–Crippen MR) is 120 cm³/mol. The minimum atomic E-state index is 0.130. The molecule has 2 heterocycles. The molecular weight excluding hydrogens is 344 g/mol. The molecule has 0 saturated carbocycles. The highest BCUT2D eigenvalue weighted by Gasteiger charge is 2.22. The molecule has 1 aromatic heterocycles. The molecule has 0 aliphatic carbocycles. The van der Waals surface area contributed by atoms with Crippen molar-refractivity contribution in [2.75, 3.05) is 6.61 Å². The van der Waals surface area contributed by atoms with E-state index in [2.05, 4.69) is 87.5 Å². The smallest absolute Gasteiger partial charge is 0.180 e. The maximum atomic E-state index is 5.60. The predicted octanol–water partition coefficient (Wildman–Crippen LogP) is 6.21. The van der Waals surface area contributed by atoms with Gasteiger partial charge in [0.15, 0.2) is 5.90 Å². The molecular formula is C25H32N2O. The van der Waals surface area contributed by atoms with Gasteiger partial charge in [0.05, 0.1) is 0 Å². The van der Waals surface area contributed by atoms with Crippen molar-refractivity contribution in [3.05, 3.63) is 47.5 Å². The summed E-state index contributed by atoms with van der Waals surface area (Å²) in [6.45, 7) is 17.1. The molecule has 3 aromatic rings. The van der Waals surface area contributed by atoms with E-state index in [0.29, 0.717) is 6.61 Å². The maximum absolute atomic E-state index is 5.60. The Morgan fingerprint density at radius 1 is 0.893 bits per heavy atom. The quantitative estimate of drug-likeness (QED) is 0.522. The third-order valence-electron chi connectivity index (χ3n) is 5.84.